The van der Waals surface area contributed by atoms with Crippen LogP contribution < -0.4 is 15.9 Å². The predicted molar refractivity (Wildman–Crippen MR) is 133 cm³/mol. The van der Waals surface area contributed by atoms with Crippen molar-refractivity contribution in [2.24, 2.45) is 5.92 Å². The van der Waals surface area contributed by atoms with Crippen LogP contribution in [0.2, 0.25) is 0 Å². The minimum absolute atomic E-state index is 0.0433. The predicted octanol–water partition coefficient (Wildman–Crippen LogP) is 2.91. The Hall–Kier alpha value is -2.50. The van der Waals surface area contributed by atoms with Gasteiger partial charge in [0.05, 0.1) is 27.5 Å². The molecule has 2 heterocycles. The number of ether oxygens (including phenoxy) is 2. The van der Waals surface area contributed by atoms with Crippen molar-refractivity contribution in [3.05, 3.63) is 53.1 Å². The summed E-state index contributed by atoms with van der Waals surface area (Å²) < 4.78 is 67.5. The first-order valence-electron chi connectivity index (χ1n) is 12.3. The average Bonchev–Trinajstić information content (AvgIpc) is 3.10. The Kier molecular flexibility index (Phi) is 8.41. The Balaban J connectivity index is 1.95. The molecule has 0 amide bonds. The number of anilines is 1. The standard InChI is InChI=1S/C23H30ClFN3O8P/c1-14(2)34-20(30)15(3)12-37(32,36-16-7-5-4-6-8-16)33-11-17-19(29)23(24,13-25)21(35-17)28-10-9-18(26)27-22(28)31/h4-10,14-15,17,19,21,29H,11-13H2,1-3H3,(H2,26,27,31)/t15-,17-,19+,21-,23?,37-/m1/s1/i11D2. The van der Waals surface area contributed by atoms with Crippen LogP contribution in [-0.2, 0) is 23.4 Å². The highest BCUT2D eigenvalue weighted by Crippen LogP contribution is 2.51. The summed E-state index contributed by atoms with van der Waals surface area (Å²) in [5, 5.41) is 10.9. The maximum absolute atomic E-state index is 14.2. The zero-order valence-electron chi connectivity index (χ0n) is 22.3. The molecule has 0 bridgehead atoms. The fourth-order valence-electron chi connectivity index (χ4n) is 3.49. The van der Waals surface area contributed by atoms with Gasteiger partial charge in [0, 0.05) is 6.20 Å². The SMILES string of the molecule is [2H]C([2H])(O[P@](=O)(C[C@@H](C)C(=O)OC(C)C)Oc1ccccc1)[C@H]1O[C@@H](n2ccc(N)nc2=O)C(Cl)(CF)[C@H]1O. The van der Waals surface area contributed by atoms with E-state index in [1.165, 1.54) is 25.1 Å². The molecule has 6 atom stereocenters. The molecule has 37 heavy (non-hydrogen) atoms. The van der Waals surface area contributed by atoms with E-state index in [2.05, 4.69) is 4.98 Å². The van der Waals surface area contributed by atoms with Gasteiger partial charge in [0.2, 0.25) is 0 Å². The second-order valence-electron chi connectivity index (χ2n) is 8.75. The molecule has 14 heteroatoms. The van der Waals surface area contributed by atoms with Crippen molar-refractivity contribution >= 4 is 31.0 Å². The minimum atomic E-state index is -4.55. The molecule has 1 aromatic heterocycles. The van der Waals surface area contributed by atoms with Crippen molar-refractivity contribution in [3.63, 3.8) is 0 Å². The molecule has 0 aliphatic carbocycles. The van der Waals surface area contributed by atoms with Crippen molar-refractivity contribution in [2.45, 2.75) is 50.2 Å². The van der Waals surface area contributed by atoms with E-state index in [0.29, 0.717) is 0 Å². The molecule has 1 aliphatic rings. The van der Waals surface area contributed by atoms with Gasteiger partial charge in [-0.05, 0) is 32.0 Å². The van der Waals surface area contributed by atoms with Gasteiger partial charge < -0.3 is 24.8 Å². The van der Waals surface area contributed by atoms with Crippen molar-refractivity contribution in [1.82, 2.24) is 9.55 Å². The molecule has 11 nitrogen and oxygen atoms in total. The molecule has 2 aromatic rings. The molecule has 0 saturated carbocycles. The van der Waals surface area contributed by atoms with Crippen LogP contribution >= 0.6 is 19.2 Å². The highest BCUT2D eigenvalue weighted by atomic mass is 35.5. The fraction of sp³-hybridized carbons (Fsp3) is 0.522. The summed E-state index contributed by atoms with van der Waals surface area (Å²) in [5.74, 6) is -1.88. The van der Waals surface area contributed by atoms with Gasteiger partial charge in [-0.15, -0.1) is 11.6 Å². The number of nitrogens with two attached hydrogens (primary N) is 1. The van der Waals surface area contributed by atoms with Crippen molar-refractivity contribution in [1.29, 1.82) is 0 Å². The van der Waals surface area contributed by atoms with E-state index in [4.69, 9.17) is 38.6 Å². The lowest BCUT2D eigenvalue weighted by atomic mass is 10.00. The van der Waals surface area contributed by atoms with E-state index in [0.717, 1.165) is 10.8 Å². The molecule has 3 rings (SSSR count). The minimum Gasteiger partial charge on any atom is -0.463 e. The van der Waals surface area contributed by atoms with Crippen LogP contribution in [0.4, 0.5) is 10.2 Å². The second kappa shape index (κ2) is 11.9. The molecule has 1 aromatic carbocycles. The van der Waals surface area contributed by atoms with Crippen LogP contribution in [0.15, 0.2) is 47.4 Å². The largest absolute Gasteiger partial charge is 0.463 e. The number of halogens is 2. The highest BCUT2D eigenvalue weighted by Gasteiger charge is 2.57. The van der Waals surface area contributed by atoms with Crippen LogP contribution in [0, 0.1) is 5.92 Å². The molecule has 204 valence electrons. The second-order valence-corrected chi connectivity index (χ2v) is 11.4. The molecule has 1 aliphatic heterocycles. The van der Waals surface area contributed by atoms with Crippen LogP contribution in [0.25, 0.3) is 0 Å². The molecule has 0 radical (unpaired) electrons. The van der Waals surface area contributed by atoms with Crippen molar-refractivity contribution in [3.8, 4) is 5.75 Å². The number of nitrogen functional groups attached to an aromatic ring is 1. The summed E-state index contributed by atoms with van der Waals surface area (Å²) in [6.45, 7) is 0.0514. The van der Waals surface area contributed by atoms with Crippen LogP contribution in [0.1, 0.15) is 29.7 Å². The third-order valence-electron chi connectivity index (χ3n) is 5.32. The number of para-hydroxylation sites is 1. The number of carbonyl (C=O) groups excluding carboxylic acids is 1. The zero-order valence-corrected chi connectivity index (χ0v) is 22.0. The van der Waals surface area contributed by atoms with E-state index in [-0.39, 0.29) is 11.6 Å². The Morgan fingerprint density at radius 2 is 2.05 bits per heavy atom. The molecular weight excluding hydrogens is 532 g/mol. The molecule has 0 spiro atoms. The summed E-state index contributed by atoms with van der Waals surface area (Å²) in [4.78, 5) is 26.0. The number of aliphatic hydroxyl groups excluding tert-OH is 1. The summed E-state index contributed by atoms with van der Waals surface area (Å²) in [7, 11) is -4.55. The average molecular weight is 564 g/mol. The van der Waals surface area contributed by atoms with Crippen LogP contribution in [-0.4, -0.2) is 63.2 Å². The first-order chi connectivity index (χ1) is 18.1. The number of hydrogen-bond acceptors (Lipinski definition) is 10. The summed E-state index contributed by atoms with van der Waals surface area (Å²) in [6.07, 6.45) is -5.91. The Labute approximate surface area is 221 Å². The van der Waals surface area contributed by atoms with Crippen LogP contribution in [0.5, 0.6) is 5.75 Å². The summed E-state index contributed by atoms with van der Waals surface area (Å²) >= 11 is 6.34. The van der Waals surface area contributed by atoms with E-state index in [9.17, 15) is 23.7 Å². The van der Waals surface area contributed by atoms with Gasteiger partial charge in [-0.2, -0.15) is 4.98 Å². The molecule has 1 fully saturated rings. The smallest absolute Gasteiger partial charge is 0.380 e. The van der Waals surface area contributed by atoms with Gasteiger partial charge in [0.1, 0.15) is 35.3 Å². The molecule has 1 saturated heterocycles. The molecule has 1 unspecified atom stereocenters. The lowest BCUT2D eigenvalue weighted by molar-refractivity contribution is -0.151. The number of aliphatic hydroxyl groups is 1. The quantitative estimate of drug-likeness (QED) is 0.237. The monoisotopic (exact) mass is 563 g/mol. The van der Waals surface area contributed by atoms with Gasteiger partial charge in [0.15, 0.2) is 6.23 Å². The topological polar surface area (TPSA) is 152 Å². The molecular formula is C23H30ClFN3O8P. The third-order valence-corrected chi connectivity index (χ3v) is 7.70. The summed E-state index contributed by atoms with van der Waals surface area (Å²) in [6, 6.07) is 8.88. The van der Waals surface area contributed by atoms with E-state index >= 15 is 0 Å². The van der Waals surface area contributed by atoms with Crippen molar-refractivity contribution < 1.29 is 40.1 Å². The summed E-state index contributed by atoms with van der Waals surface area (Å²) in [5.41, 5.74) is 4.49. The van der Waals surface area contributed by atoms with E-state index in [1.807, 2.05) is 0 Å². The zero-order chi connectivity index (χ0) is 29.2. The van der Waals surface area contributed by atoms with Gasteiger partial charge in [0.25, 0.3) is 0 Å². The number of aromatic nitrogens is 2. The number of esters is 1. The number of hydrogen-bond donors (Lipinski definition) is 2. The Morgan fingerprint density at radius 1 is 1.38 bits per heavy atom. The van der Waals surface area contributed by atoms with Gasteiger partial charge in [-0.25, -0.2) is 13.8 Å². The highest BCUT2D eigenvalue weighted by molar-refractivity contribution is 7.54. The van der Waals surface area contributed by atoms with Gasteiger partial charge in [-0.3, -0.25) is 13.9 Å². The number of alkyl halides is 2. The Morgan fingerprint density at radius 3 is 2.65 bits per heavy atom. The fourth-order valence-corrected chi connectivity index (χ4v) is 5.47. The van der Waals surface area contributed by atoms with E-state index < -0.39 is 74.0 Å². The lowest BCUT2D eigenvalue weighted by Gasteiger charge is -2.27. The maximum Gasteiger partial charge on any atom is 0.380 e. The van der Waals surface area contributed by atoms with Crippen LogP contribution in [0.3, 0.4) is 0 Å². The number of rotatable bonds is 11. The third kappa shape index (κ3) is 6.88. The molecule has 3 N–H and O–H groups in total. The number of nitrogens with zero attached hydrogens (tertiary/aromatic N) is 2. The first kappa shape index (κ1) is 26.1. The normalized spacial score (nSPS) is 27.2. The van der Waals surface area contributed by atoms with Crippen molar-refractivity contribution in [2.75, 3.05) is 25.1 Å². The number of carbonyl (C=O) groups is 1. The lowest BCUT2D eigenvalue weighted by Crippen LogP contribution is -2.46. The maximum atomic E-state index is 14.2. The number of benzene rings is 1. The van der Waals surface area contributed by atoms with Gasteiger partial charge >= 0.3 is 19.3 Å². The van der Waals surface area contributed by atoms with Gasteiger partial charge in [-0.1, -0.05) is 25.1 Å². The van der Waals surface area contributed by atoms with E-state index in [1.54, 1.807) is 32.0 Å². The Bertz CT molecular complexity index is 1270. The first-order valence-corrected chi connectivity index (χ1v) is 13.4.